The van der Waals surface area contributed by atoms with Crippen LogP contribution in [-0.2, 0) is 13.1 Å². The van der Waals surface area contributed by atoms with Crippen molar-refractivity contribution in [3.63, 3.8) is 0 Å². The van der Waals surface area contributed by atoms with E-state index < -0.39 is 0 Å². The van der Waals surface area contributed by atoms with Crippen LogP contribution in [0.3, 0.4) is 0 Å². The SMILES string of the molecule is COc1ccc(CNCc2cn[nH]c2-c2ccc(C)cc2)cc1OC. The largest absolute Gasteiger partial charge is 0.493 e. The fourth-order valence-electron chi connectivity index (χ4n) is 2.75. The summed E-state index contributed by atoms with van der Waals surface area (Å²) in [5.74, 6) is 1.48. The molecule has 0 saturated carbocycles. The van der Waals surface area contributed by atoms with Crippen LogP contribution in [0.25, 0.3) is 11.3 Å². The van der Waals surface area contributed by atoms with Crippen LogP contribution in [0, 0.1) is 6.92 Å². The lowest BCUT2D eigenvalue weighted by Crippen LogP contribution is -2.13. The van der Waals surface area contributed by atoms with Crippen LogP contribution < -0.4 is 14.8 Å². The van der Waals surface area contributed by atoms with Crippen LogP contribution in [0.15, 0.2) is 48.7 Å². The van der Waals surface area contributed by atoms with Crippen molar-refractivity contribution in [3.05, 3.63) is 65.4 Å². The smallest absolute Gasteiger partial charge is 0.161 e. The Kier molecular flexibility index (Phi) is 5.36. The van der Waals surface area contributed by atoms with Gasteiger partial charge in [0.2, 0.25) is 0 Å². The second kappa shape index (κ2) is 7.85. The van der Waals surface area contributed by atoms with E-state index >= 15 is 0 Å². The van der Waals surface area contributed by atoms with E-state index in [1.165, 1.54) is 5.56 Å². The van der Waals surface area contributed by atoms with E-state index in [2.05, 4.69) is 46.7 Å². The third kappa shape index (κ3) is 4.00. The van der Waals surface area contributed by atoms with E-state index in [-0.39, 0.29) is 0 Å². The Balaban J connectivity index is 1.65. The summed E-state index contributed by atoms with van der Waals surface area (Å²) >= 11 is 0. The predicted octanol–water partition coefficient (Wildman–Crippen LogP) is 3.69. The molecule has 1 aromatic heterocycles. The van der Waals surface area contributed by atoms with Gasteiger partial charge in [-0.1, -0.05) is 35.9 Å². The molecule has 0 radical (unpaired) electrons. The Morgan fingerprint density at radius 3 is 2.44 bits per heavy atom. The fraction of sp³-hybridized carbons (Fsp3) is 0.250. The molecule has 0 atom stereocenters. The molecule has 0 aliphatic heterocycles. The van der Waals surface area contributed by atoms with Gasteiger partial charge in [-0.2, -0.15) is 5.10 Å². The molecular formula is C20H23N3O2. The number of ether oxygens (including phenoxy) is 2. The van der Waals surface area contributed by atoms with E-state index in [1.807, 2.05) is 24.4 Å². The zero-order valence-electron chi connectivity index (χ0n) is 14.8. The molecule has 0 aliphatic rings. The summed E-state index contributed by atoms with van der Waals surface area (Å²) in [5, 5.41) is 10.8. The average molecular weight is 337 g/mol. The lowest BCUT2D eigenvalue weighted by molar-refractivity contribution is 0.354. The fourth-order valence-corrected chi connectivity index (χ4v) is 2.75. The Hall–Kier alpha value is -2.79. The molecule has 0 spiro atoms. The first-order valence-corrected chi connectivity index (χ1v) is 8.22. The lowest BCUT2D eigenvalue weighted by Gasteiger charge is -2.10. The van der Waals surface area contributed by atoms with E-state index in [1.54, 1.807) is 14.2 Å². The summed E-state index contributed by atoms with van der Waals surface area (Å²) < 4.78 is 10.6. The van der Waals surface area contributed by atoms with Crippen LogP contribution in [0.2, 0.25) is 0 Å². The molecule has 0 unspecified atom stereocenters. The number of nitrogens with zero attached hydrogens (tertiary/aromatic N) is 1. The molecule has 0 fully saturated rings. The van der Waals surface area contributed by atoms with Gasteiger partial charge in [0, 0.05) is 18.7 Å². The van der Waals surface area contributed by atoms with E-state index in [4.69, 9.17) is 9.47 Å². The molecule has 0 aliphatic carbocycles. The monoisotopic (exact) mass is 337 g/mol. The number of rotatable bonds is 7. The second-order valence-electron chi connectivity index (χ2n) is 5.93. The normalized spacial score (nSPS) is 10.7. The van der Waals surface area contributed by atoms with Gasteiger partial charge in [-0.05, 0) is 30.2 Å². The molecule has 2 N–H and O–H groups in total. The lowest BCUT2D eigenvalue weighted by atomic mass is 10.1. The van der Waals surface area contributed by atoms with Crippen LogP contribution in [0.1, 0.15) is 16.7 Å². The van der Waals surface area contributed by atoms with Crippen LogP contribution in [-0.4, -0.2) is 24.4 Å². The first-order valence-electron chi connectivity index (χ1n) is 8.22. The van der Waals surface area contributed by atoms with Crippen molar-refractivity contribution in [3.8, 4) is 22.8 Å². The molecule has 5 heteroatoms. The minimum atomic E-state index is 0.730. The quantitative estimate of drug-likeness (QED) is 0.690. The van der Waals surface area contributed by atoms with Gasteiger partial charge in [0.05, 0.1) is 26.1 Å². The number of methoxy groups -OCH3 is 2. The highest BCUT2D eigenvalue weighted by atomic mass is 16.5. The van der Waals surface area contributed by atoms with Gasteiger partial charge in [-0.3, -0.25) is 5.10 Å². The van der Waals surface area contributed by atoms with Gasteiger partial charge in [0.25, 0.3) is 0 Å². The molecule has 25 heavy (non-hydrogen) atoms. The zero-order valence-corrected chi connectivity index (χ0v) is 14.8. The Morgan fingerprint density at radius 1 is 0.960 bits per heavy atom. The van der Waals surface area contributed by atoms with Crippen molar-refractivity contribution in [1.29, 1.82) is 0 Å². The maximum absolute atomic E-state index is 5.35. The van der Waals surface area contributed by atoms with Crippen LogP contribution in [0.4, 0.5) is 0 Å². The summed E-state index contributed by atoms with van der Waals surface area (Å²) in [6.07, 6.45) is 1.87. The molecule has 0 amide bonds. The molecular weight excluding hydrogens is 314 g/mol. The molecule has 0 saturated heterocycles. The first kappa shape index (κ1) is 17.0. The number of aryl methyl sites for hydroxylation is 1. The Morgan fingerprint density at radius 2 is 1.72 bits per heavy atom. The van der Waals surface area contributed by atoms with Crippen LogP contribution in [0.5, 0.6) is 11.5 Å². The highest BCUT2D eigenvalue weighted by molar-refractivity contribution is 5.62. The summed E-state index contributed by atoms with van der Waals surface area (Å²) in [6.45, 7) is 3.55. The van der Waals surface area contributed by atoms with Crippen molar-refractivity contribution in [2.45, 2.75) is 20.0 Å². The summed E-state index contributed by atoms with van der Waals surface area (Å²) in [6, 6.07) is 14.4. The highest BCUT2D eigenvalue weighted by Gasteiger charge is 2.08. The molecule has 3 rings (SSSR count). The Labute approximate surface area is 148 Å². The topological polar surface area (TPSA) is 59.2 Å². The van der Waals surface area contributed by atoms with Crippen molar-refractivity contribution < 1.29 is 9.47 Å². The van der Waals surface area contributed by atoms with Crippen LogP contribution >= 0.6 is 0 Å². The van der Waals surface area contributed by atoms with Gasteiger partial charge in [-0.25, -0.2) is 0 Å². The third-order valence-electron chi connectivity index (χ3n) is 4.15. The average Bonchev–Trinajstić information content (AvgIpc) is 3.10. The van der Waals surface area contributed by atoms with Crippen molar-refractivity contribution in [1.82, 2.24) is 15.5 Å². The van der Waals surface area contributed by atoms with E-state index in [9.17, 15) is 0 Å². The standard InChI is InChI=1S/C20H23N3O2/c1-14-4-7-16(8-5-14)20-17(13-22-23-20)12-21-11-15-6-9-18(24-2)19(10-15)25-3/h4-10,13,21H,11-12H2,1-3H3,(H,22,23). The van der Waals surface area contributed by atoms with Gasteiger partial charge in [0.1, 0.15) is 0 Å². The minimum Gasteiger partial charge on any atom is -0.493 e. The number of hydrogen-bond acceptors (Lipinski definition) is 4. The Bertz CT molecular complexity index is 825. The molecule has 0 bridgehead atoms. The molecule has 3 aromatic rings. The van der Waals surface area contributed by atoms with E-state index in [0.29, 0.717) is 0 Å². The zero-order chi connectivity index (χ0) is 17.6. The molecule has 5 nitrogen and oxygen atoms in total. The van der Waals surface area contributed by atoms with E-state index in [0.717, 1.165) is 47.0 Å². The maximum Gasteiger partial charge on any atom is 0.161 e. The second-order valence-corrected chi connectivity index (χ2v) is 5.93. The summed E-state index contributed by atoms with van der Waals surface area (Å²) in [7, 11) is 3.29. The van der Waals surface area contributed by atoms with Crippen molar-refractivity contribution >= 4 is 0 Å². The summed E-state index contributed by atoms with van der Waals surface area (Å²) in [5.41, 5.74) is 5.73. The van der Waals surface area contributed by atoms with Crippen molar-refractivity contribution in [2.24, 2.45) is 0 Å². The van der Waals surface area contributed by atoms with Crippen molar-refractivity contribution in [2.75, 3.05) is 14.2 Å². The molecule has 130 valence electrons. The number of H-pyrrole nitrogens is 1. The predicted molar refractivity (Wildman–Crippen MR) is 98.9 cm³/mol. The first-order chi connectivity index (χ1) is 12.2. The number of aromatic nitrogens is 2. The van der Waals surface area contributed by atoms with Gasteiger partial charge < -0.3 is 14.8 Å². The molecule has 1 heterocycles. The minimum absolute atomic E-state index is 0.730. The number of nitrogens with one attached hydrogen (secondary N) is 2. The third-order valence-corrected chi connectivity index (χ3v) is 4.15. The highest BCUT2D eigenvalue weighted by Crippen LogP contribution is 2.27. The number of aromatic amines is 1. The van der Waals surface area contributed by atoms with Gasteiger partial charge >= 0.3 is 0 Å². The molecule has 2 aromatic carbocycles. The number of benzene rings is 2. The summed E-state index contributed by atoms with van der Waals surface area (Å²) in [4.78, 5) is 0. The maximum atomic E-state index is 5.35. The number of hydrogen-bond donors (Lipinski definition) is 2. The van der Waals surface area contributed by atoms with Gasteiger partial charge in [-0.15, -0.1) is 0 Å². The van der Waals surface area contributed by atoms with Gasteiger partial charge in [0.15, 0.2) is 11.5 Å².